The molecule has 0 spiro atoms. The number of carbonyl (C=O) groups is 2. The van der Waals surface area contributed by atoms with Crippen LogP contribution in [-0.2, 0) is 16.1 Å². The normalized spacial score (nSPS) is 21.2. The topological polar surface area (TPSA) is 97.1 Å². The van der Waals surface area contributed by atoms with Crippen molar-refractivity contribution < 1.29 is 19.4 Å². The number of aliphatic imine (C=N–C) groups is 1. The number of carboxylic acids is 1. The van der Waals surface area contributed by atoms with Crippen molar-refractivity contribution in [3.63, 3.8) is 0 Å². The van der Waals surface area contributed by atoms with Crippen molar-refractivity contribution in [3.05, 3.63) is 83.8 Å². The second kappa shape index (κ2) is 11.0. The molecular formula is C29H32N4O4+. The molecule has 37 heavy (non-hydrogen) atoms. The zero-order valence-electron chi connectivity index (χ0n) is 21.0. The molecule has 8 nitrogen and oxygen atoms in total. The molecule has 0 saturated heterocycles. The van der Waals surface area contributed by atoms with E-state index in [1.54, 1.807) is 13.3 Å². The Hall–Kier alpha value is -3.91. The predicted molar refractivity (Wildman–Crippen MR) is 142 cm³/mol. The van der Waals surface area contributed by atoms with Gasteiger partial charge in [-0.3, -0.25) is 14.5 Å². The number of methoxy groups -OCH3 is 1. The second-order valence-corrected chi connectivity index (χ2v) is 9.78. The van der Waals surface area contributed by atoms with Crippen LogP contribution >= 0.6 is 0 Å². The first kappa shape index (κ1) is 24.8. The lowest BCUT2D eigenvalue weighted by atomic mass is 9.77. The molecule has 1 aliphatic carbocycles. The summed E-state index contributed by atoms with van der Waals surface area (Å²) in [5.74, 6) is 1.37. The highest BCUT2D eigenvalue weighted by molar-refractivity contribution is 6.06. The SMILES string of the molecule is COc1ccccc1CNC(=O)C1=C[N+]2CN(c3ccc(C4CCC(CC(=O)O)CC4)cc3)C=CC2=N1. The summed E-state index contributed by atoms with van der Waals surface area (Å²) < 4.78 is 5.36. The number of hydrogen-bond acceptors (Lipinski definition) is 6. The number of amidine groups is 1. The lowest BCUT2D eigenvalue weighted by Gasteiger charge is -2.28. The van der Waals surface area contributed by atoms with E-state index >= 15 is 0 Å². The van der Waals surface area contributed by atoms with Crippen LogP contribution in [0.1, 0.15) is 49.1 Å². The van der Waals surface area contributed by atoms with Gasteiger partial charge in [-0.15, -0.1) is 0 Å². The van der Waals surface area contributed by atoms with Crippen LogP contribution < -0.4 is 19.9 Å². The number of benzene rings is 2. The molecule has 3 aliphatic rings. The van der Waals surface area contributed by atoms with Crippen LogP contribution in [0.15, 0.2) is 77.7 Å². The molecule has 8 heteroatoms. The third kappa shape index (κ3) is 5.75. The number of aliphatic carboxylic acids is 1. The van der Waals surface area contributed by atoms with Crippen LogP contribution in [0.3, 0.4) is 0 Å². The molecule has 0 atom stereocenters. The fourth-order valence-electron chi connectivity index (χ4n) is 5.32. The molecule has 1 radical (unpaired) electrons. The van der Waals surface area contributed by atoms with E-state index < -0.39 is 5.97 Å². The van der Waals surface area contributed by atoms with Crippen molar-refractivity contribution in [2.75, 3.05) is 18.7 Å². The van der Waals surface area contributed by atoms with Crippen LogP contribution in [0.4, 0.5) is 5.69 Å². The van der Waals surface area contributed by atoms with Gasteiger partial charge < -0.3 is 15.2 Å². The summed E-state index contributed by atoms with van der Waals surface area (Å²) in [7, 11) is 1.62. The number of rotatable bonds is 8. The van der Waals surface area contributed by atoms with E-state index in [1.807, 2.05) is 41.4 Å². The van der Waals surface area contributed by atoms with Crippen LogP contribution in [0.5, 0.6) is 5.75 Å². The lowest BCUT2D eigenvalue weighted by Crippen LogP contribution is -2.41. The van der Waals surface area contributed by atoms with Crippen molar-refractivity contribution in [2.45, 2.75) is 44.6 Å². The fourth-order valence-corrected chi connectivity index (χ4v) is 5.32. The standard InChI is InChI=1S/C29H32N4O4/c1-37-26-5-3-2-4-23(26)17-30-29(36)25-18-33-19-32(15-14-27(33)31-25)24-12-10-22(11-13-24)21-8-6-20(7-9-21)16-28(34)35/h2-5,10-15,18,20-21H,6-9,16-17,19H2,1H3,(H,30,36)(H,34,35)/q+1. The van der Waals surface area contributed by atoms with Gasteiger partial charge in [-0.2, -0.15) is 4.99 Å². The highest BCUT2D eigenvalue weighted by Crippen LogP contribution is 2.37. The van der Waals surface area contributed by atoms with Gasteiger partial charge in [0.2, 0.25) is 6.67 Å². The Morgan fingerprint density at radius 2 is 1.86 bits per heavy atom. The Morgan fingerprint density at radius 3 is 2.59 bits per heavy atom. The minimum atomic E-state index is -0.691. The van der Waals surface area contributed by atoms with Gasteiger partial charge in [0.25, 0.3) is 11.7 Å². The van der Waals surface area contributed by atoms with Crippen LogP contribution in [0.25, 0.3) is 0 Å². The molecule has 1 fully saturated rings. The van der Waals surface area contributed by atoms with Crippen molar-refractivity contribution in [3.8, 4) is 5.75 Å². The molecule has 191 valence electrons. The summed E-state index contributed by atoms with van der Waals surface area (Å²) in [5, 5.41) is 12.0. The number of ether oxygens (including phenoxy) is 1. The second-order valence-electron chi connectivity index (χ2n) is 9.78. The molecule has 2 aromatic rings. The minimum absolute atomic E-state index is 0.227. The molecule has 0 aromatic heterocycles. The first-order valence-electron chi connectivity index (χ1n) is 12.7. The number of para-hydroxylation sites is 1. The molecule has 1 saturated carbocycles. The Balaban J connectivity index is 1.16. The maximum Gasteiger partial charge on any atom is 0.303 e. The van der Waals surface area contributed by atoms with E-state index in [0.717, 1.165) is 48.5 Å². The van der Waals surface area contributed by atoms with Gasteiger partial charge in [0, 0.05) is 36.5 Å². The number of hydrogen-bond donors (Lipinski definition) is 2. The van der Waals surface area contributed by atoms with Gasteiger partial charge >= 0.3 is 5.97 Å². The molecule has 1 amide bonds. The molecule has 2 N–H and O–H groups in total. The summed E-state index contributed by atoms with van der Waals surface area (Å²) >= 11 is 0. The predicted octanol–water partition coefficient (Wildman–Crippen LogP) is 4.44. The Morgan fingerprint density at radius 1 is 1.11 bits per heavy atom. The minimum Gasteiger partial charge on any atom is -0.496 e. The fraction of sp³-hybridized carbons (Fsp3) is 0.345. The highest BCUT2D eigenvalue weighted by Gasteiger charge is 2.35. The molecule has 5 rings (SSSR count). The van der Waals surface area contributed by atoms with Crippen LogP contribution in [-0.4, -0.2) is 36.6 Å². The molecule has 2 aliphatic heterocycles. The lowest BCUT2D eigenvalue weighted by molar-refractivity contribution is -0.138. The Kier molecular flexibility index (Phi) is 7.37. The molecule has 2 aromatic carbocycles. The van der Waals surface area contributed by atoms with E-state index in [2.05, 4.69) is 39.5 Å². The average molecular weight is 501 g/mol. The first-order valence-corrected chi connectivity index (χ1v) is 12.7. The molecule has 0 unspecified atom stereocenters. The number of amides is 1. The van der Waals surface area contributed by atoms with Gasteiger partial charge in [-0.1, -0.05) is 35.2 Å². The summed E-state index contributed by atoms with van der Waals surface area (Å²) in [6, 6.07) is 16.2. The zero-order valence-corrected chi connectivity index (χ0v) is 21.0. The van der Waals surface area contributed by atoms with Gasteiger partial charge in [-0.05, 0) is 61.3 Å². The van der Waals surface area contributed by atoms with E-state index in [9.17, 15) is 9.59 Å². The Labute approximate surface area is 216 Å². The van der Waals surface area contributed by atoms with Crippen LogP contribution in [0, 0.1) is 5.92 Å². The zero-order chi connectivity index (χ0) is 25.8. The van der Waals surface area contributed by atoms with E-state index in [1.165, 1.54) is 5.56 Å². The van der Waals surface area contributed by atoms with E-state index in [-0.39, 0.29) is 12.3 Å². The summed E-state index contributed by atoms with van der Waals surface area (Å²) in [6.45, 7) is 0.929. The van der Waals surface area contributed by atoms with Crippen molar-refractivity contribution in [1.82, 2.24) is 10.2 Å². The summed E-state index contributed by atoms with van der Waals surface area (Å²) in [5.41, 5.74) is 3.67. The third-order valence-corrected chi connectivity index (χ3v) is 7.39. The van der Waals surface area contributed by atoms with Crippen molar-refractivity contribution >= 4 is 23.4 Å². The number of carbonyl (C=O) groups excluding carboxylic acids is 1. The third-order valence-electron chi connectivity index (χ3n) is 7.39. The number of carboxylic acid groups (broad SMARTS) is 1. The highest BCUT2D eigenvalue weighted by atomic mass is 16.5. The quantitative estimate of drug-likeness (QED) is 0.522. The van der Waals surface area contributed by atoms with E-state index in [4.69, 9.17) is 9.84 Å². The van der Waals surface area contributed by atoms with E-state index in [0.29, 0.717) is 30.7 Å². The number of anilines is 1. The smallest absolute Gasteiger partial charge is 0.303 e. The Bertz CT molecular complexity index is 1240. The van der Waals surface area contributed by atoms with Crippen molar-refractivity contribution in [2.24, 2.45) is 10.9 Å². The first-order chi connectivity index (χ1) is 18.0. The van der Waals surface area contributed by atoms with Crippen LogP contribution in [0.2, 0.25) is 0 Å². The van der Waals surface area contributed by atoms with Gasteiger partial charge in [0.1, 0.15) is 5.75 Å². The van der Waals surface area contributed by atoms with Crippen molar-refractivity contribution in [1.29, 1.82) is 0 Å². The number of nitrogens with zero attached hydrogens (tertiary/aromatic N) is 3. The molecule has 2 heterocycles. The monoisotopic (exact) mass is 500 g/mol. The van der Waals surface area contributed by atoms with Gasteiger partial charge in [0.15, 0.2) is 11.9 Å². The van der Waals surface area contributed by atoms with Gasteiger partial charge in [0.05, 0.1) is 7.11 Å². The number of fused-ring (bicyclic) bond motifs is 1. The summed E-state index contributed by atoms with van der Waals surface area (Å²) in [4.78, 5) is 32.3. The maximum absolute atomic E-state index is 12.8. The average Bonchev–Trinajstić information content (AvgIpc) is 3.36. The largest absolute Gasteiger partial charge is 0.496 e. The maximum atomic E-state index is 12.8. The number of nitrogens with one attached hydrogen (secondary N) is 1. The summed E-state index contributed by atoms with van der Waals surface area (Å²) in [6.07, 6.45) is 10.0. The molecule has 0 bridgehead atoms. The van der Waals surface area contributed by atoms with Gasteiger partial charge in [-0.25, -0.2) is 0 Å². The molecular weight excluding hydrogens is 468 g/mol.